The van der Waals surface area contributed by atoms with E-state index in [4.69, 9.17) is 10.5 Å². The minimum Gasteiger partial charge on any atom is -0.491 e. The third-order valence-electron chi connectivity index (χ3n) is 4.40. The highest BCUT2D eigenvalue weighted by Crippen LogP contribution is 2.23. The number of anilines is 1. The minimum atomic E-state index is 0.648. The molecule has 2 aromatic carbocycles. The highest BCUT2D eigenvalue weighted by molar-refractivity contribution is 5.54. The summed E-state index contributed by atoms with van der Waals surface area (Å²) in [5.74, 6) is 0.790. The van der Waals surface area contributed by atoms with Gasteiger partial charge in [-0.25, -0.2) is 0 Å². The van der Waals surface area contributed by atoms with Crippen molar-refractivity contribution in [3.05, 3.63) is 59.7 Å². The zero-order valence-corrected chi connectivity index (χ0v) is 15.0. The lowest BCUT2D eigenvalue weighted by Gasteiger charge is -2.17. The van der Waals surface area contributed by atoms with Gasteiger partial charge in [0.25, 0.3) is 0 Å². The summed E-state index contributed by atoms with van der Waals surface area (Å²) in [4.78, 5) is 2.45. The quantitative estimate of drug-likeness (QED) is 0.666. The van der Waals surface area contributed by atoms with E-state index in [0.717, 1.165) is 50.3 Å². The summed E-state index contributed by atoms with van der Waals surface area (Å²) in [6.45, 7) is 8.45. The first kappa shape index (κ1) is 18.3. The van der Waals surface area contributed by atoms with Crippen molar-refractivity contribution in [1.82, 2.24) is 4.90 Å². The smallest absolute Gasteiger partial charge is 0.142 e. The van der Waals surface area contributed by atoms with Gasteiger partial charge < -0.3 is 15.4 Å². The third-order valence-corrected chi connectivity index (χ3v) is 4.40. The molecule has 3 nitrogen and oxygen atoms in total. The van der Waals surface area contributed by atoms with Gasteiger partial charge >= 0.3 is 0 Å². The SMILES string of the molecule is CCN(CC)CCCc1ccc(OCCc2ccccc2)c(N)c1. The Bertz CT molecular complexity index is 594. The fourth-order valence-corrected chi connectivity index (χ4v) is 2.86. The lowest BCUT2D eigenvalue weighted by molar-refractivity contribution is 0.300. The molecule has 0 aliphatic carbocycles. The maximum Gasteiger partial charge on any atom is 0.142 e. The van der Waals surface area contributed by atoms with Crippen molar-refractivity contribution >= 4 is 5.69 Å². The van der Waals surface area contributed by atoms with Crippen LogP contribution in [0, 0.1) is 0 Å². The monoisotopic (exact) mass is 326 g/mol. The van der Waals surface area contributed by atoms with Crippen LogP contribution in [-0.4, -0.2) is 31.1 Å². The standard InChI is InChI=1S/C21H30N2O/c1-3-23(4-2)15-8-11-19-12-13-21(20(22)17-19)24-16-14-18-9-6-5-7-10-18/h5-7,9-10,12-13,17H,3-4,8,11,14-16,22H2,1-2H3. The van der Waals surface area contributed by atoms with Crippen molar-refractivity contribution in [3.8, 4) is 5.75 Å². The van der Waals surface area contributed by atoms with Crippen LogP contribution < -0.4 is 10.5 Å². The molecule has 0 aliphatic heterocycles. The van der Waals surface area contributed by atoms with Crippen LogP contribution in [0.3, 0.4) is 0 Å². The molecule has 0 spiro atoms. The minimum absolute atomic E-state index is 0.648. The first-order chi connectivity index (χ1) is 11.7. The molecule has 0 saturated heterocycles. The molecule has 3 heteroatoms. The summed E-state index contributed by atoms with van der Waals surface area (Å²) in [6.07, 6.45) is 3.12. The summed E-state index contributed by atoms with van der Waals surface area (Å²) in [6, 6.07) is 16.6. The molecule has 2 N–H and O–H groups in total. The van der Waals surface area contributed by atoms with Crippen LogP contribution in [0.2, 0.25) is 0 Å². The molecule has 0 radical (unpaired) electrons. The highest BCUT2D eigenvalue weighted by Gasteiger charge is 2.04. The molecule has 0 aliphatic rings. The zero-order valence-electron chi connectivity index (χ0n) is 15.0. The Morgan fingerprint density at radius 2 is 1.67 bits per heavy atom. The number of hydrogen-bond acceptors (Lipinski definition) is 3. The molecule has 2 rings (SSSR count). The second kappa shape index (κ2) is 9.99. The van der Waals surface area contributed by atoms with E-state index < -0.39 is 0 Å². The predicted molar refractivity (Wildman–Crippen MR) is 103 cm³/mol. The van der Waals surface area contributed by atoms with Crippen LogP contribution in [0.5, 0.6) is 5.75 Å². The summed E-state index contributed by atoms with van der Waals surface area (Å²) in [7, 11) is 0. The second-order valence-electron chi connectivity index (χ2n) is 6.09. The number of hydrogen-bond donors (Lipinski definition) is 1. The van der Waals surface area contributed by atoms with Crippen LogP contribution in [0.4, 0.5) is 5.69 Å². The summed E-state index contributed by atoms with van der Waals surface area (Å²) >= 11 is 0. The van der Waals surface area contributed by atoms with Crippen molar-refractivity contribution in [2.24, 2.45) is 0 Å². The first-order valence-electron chi connectivity index (χ1n) is 9.00. The molecule has 130 valence electrons. The molecule has 2 aromatic rings. The fourth-order valence-electron chi connectivity index (χ4n) is 2.86. The average Bonchev–Trinajstić information content (AvgIpc) is 2.61. The number of nitrogens with zero attached hydrogens (tertiary/aromatic N) is 1. The second-order valence-corrected chi connectivity index (χ2v) is 6.09. The molecular weight excluding hydrogens is 296 g/mol. The van der Waals surface area contributed by atoms with Crippen molar-refractivity contribution in [2.75, 3.05) is 32.0 Å². The maximum absolute atomic E-state index is 6.15. The zero-order chi connectivity index (χ0) is 17.2. The van der Waals surface area contributed by atoms with Gasteiger partial charge in [0.15, 0.2) is 0 Å². The average molecular weight is 326 g/mol. The largest absolute Gasteiger partial charge is 0.491 e. The molecule has 24 heavy (non-hydrogen) atoms. The number of ether oxygens (including phenoxy) is 1. The van der Waals surface area contributed by atoms with Gasteiger partial charge in [0, 0.05) is 6.42 Å². The van der Waals surface area contributed by atoms with Crippen molar-refractivity contribution in [3.63, 3.8) is 0 Å². The molecule has 0 saturated carbocycles. The normalized spacial score (nSPS) is 11.0. The van der Waals surface area contributed by atoms with Crippen molar-refractivity contribution in [1.29, 1.82) is 0 Å². The van der Waals surface area contributed by atoms with Crippen LogP contribution in [-0.2, 0) is 12.8 Å². The van der Waals surface area contributed by atoms with Gasteiger partial charge in [-0.2, -0.15) is 0 Å². The van der Waals surface area contributed by atoms with E-state index in [0.29, 0.717) is 6.61 Å². The van der Waals surface area contributed by atoms with Crippen molar-refractivity contribution < 1.29 is 4.74 Å². The number of benzene rings is 2. The van der Waals surface area contributed by atoms with Crippen molar-refractivity contribution in [2.45, 2.75) is 33.1 Å². The van der Waals surface area contributed by atoms with E-state index >= 15 is 0 Å². The number of nitrogen functional groups attached to an aromatic ring is 1. The third kappa shape index (κ3) is 5.89. The fraction of sp³-hybridized carbons (Fsp3) is 0.429. The number of aryl methyl sites for hydroxylation is 1. The molecule has 0 unspecified atom stereocenters. The van der Waals surface area contributed by atoms with Crippen LogP contribution in [0.1, 0.15) is 31.4 Å². The van der Waals surface area contributed by atoms with E-state index in [2.05, 4.69) is 55.1 Å². The Morgan fingerprint density at radius 3 is 2.33 bits per heavy atom. The number of rotatable bonds is 10. The summed E-state index contributed by atoms with van der Waals surface area (Å²) in [5, 5.41) is 0. The van der Waals surface area contributed by atoms with E-state index in [9.17, 15) is 0 Å². The van der Waals surface area contributed by atoms with Gasteiger partial charge in [-0.1, -0.05) is 50.2 Å². The molecule has 0 bridgehead atoms. The van der Waals surface area contributed by atoms with Gasteiger partial charge in [-0.05, 0) is 55.7 Å². The Labute approximate surface area is 146 Å². The van der Waals surface area contributed by atoms with Gasteiger partial charge in [-0.15, -0.1) is 0 Å². The van der Waals surface area contributed by atoms with Gasteiger partial charge in [-0.3, -0.25) is 0 Å². The molecular formula is C21H30N2O. The Balaban J connectivity index is 1.79. The Hall–Kier alpha value is -2.00. The van der Waals surface area contributed by atoms with Gasteiger partial charge in [0.1, 0.15) is 5.75 Å². The van der Waals surface area contributed by atoms with Gasteiger partial charge in [0.05, 0.1) is 12.3 Å². The first-order valence-corrected chi connectivity index (χ1v) is 9.00. The van der Waals surface area contributed by atoms with Crippen LogP contribution in [0.15, 0.2) is 48.5 Å². The lowest BCUT2D eigenvalue weighted by atomic mass is 10.1. The highest BCUT2D eigenvalue weighted by atomic mass is 16.5. The number of nitrogens with two attached hydrogens (primary N) is 1. The van der Waals surface area contributed by atoms with Crippen LogP contribution >= 0.6 is 0 Å². The molecule has 0 fully saturated rings. The van der Waals surface area contributed by atoms with E-state index in [1.165, 1.54) is 11.1 Å². The molecule has 0 atom stereocenters. The van der Waals surface area contributed by atoms with E-state index in [-0.39, 0.29) is 0 Å². The van der Waals surface area contributed by atoms with Crippen LogP contribution in [0.25, 0.3) is 0 Å². The van der Waals surface area contributed by atoms with Gasteiger partial charge in [0.2, 0.25) is 0 Å². The Kier molecular flexibility index (Phi) is 7.63. The lowest BCUT2D eigenvalue weighted by Crippen LogP contribution is -2.24. The molecule has 0 amide bonds. The van der Waals surface area contributed by atoms with E-state index in [1.54, 1.807) is 0 Å². The summed E-state index contributed by atoms with van der Waals surface area (Å²) < 4.78 is 5.84. The topological polar surface area (TPSA) is 38.5 Å². The predicted octanol–water partition coefficient (Wildman–Crippen LogP) is 4.16. The summed E-state index contributed by atoms with van der Waals surface area (Å²) in [5.41, 5.74) is 9.46. The molecule has 0 heterocycles. The molecule has 0 aromatic heterocycles. The van der Waals surface area contributed by atoms with E-state index in [1.807, 2.05) is 12.1 Å². The maximum atomic E-state index is 6.15. The Morgan fingerprint density at radius 1 is 0.917 bits per heavy atom.